The fourth-order valence-corrected chi connectivity index (χ4v) is 5.46. The number of anilines is 1. The van der Waals surface area contributed by atoms with Crippen LogP contribution in [0.5, 0.6) is 5.88 Å². The van der Waals surface area contributed by atoms with Crippen molar-refractivity contribution < 1.29 is 9.53 Å². The fraction of sp³-hybridized carbons (Fsp3) is 0.591. The van der Waals surface area contributed by atoms with Gasteiger partial charge in [0.15, 0.2) is 0 Å². The molecule has 1 amide bonds. The first kappa shape index (κ1) is 22.5. The van der Waals surface area contributed by atoms with Crippen LogP contribution >= 0.6 is 11.6 Å². The summed E-state index contributed by atoms with van der Waals surface area (Å²) in [6.07, 6.45) is 5.38. The van der Waals surface area contributed by atoms with Gasteiger partial charge in [0.2, 0.25) is 11.8 Å². The number of hydrogen-bond donors (Lipinski definition) is 2. The molecule has 3 aliphatic carbocycles. The van der Waals surface area contributed by atoms with Gasteiger partial charge in [-0.25, -0.2) is 4.68 Å². The van der Waals surface area contributed by atoms with Crippen LogP contribution in [0, 0.1) is 23.2 Å². The molecule has 4 atom stereocenters. The summed E-state index contributed by atoms with van der Waals surface area (Å²) in [6, 6.07) is 1.96. The number of hydrogen-bond acceptors (Lipinski definition) is 7. The maximum Gasteiger partial charge on any atom is 0.288 e. The van der Waals surface area contributed by atoms with E-state index in [1.165, 1.54) is 25.9 Å². The topological polar surface area (TPSA) is 111 Å². The van der Waals surface area contributed by atoms with E-state index in [1.54, 1.807) is 6.07 Å². The quantitative estimate of drug-likeness (QED) is 0.652. The molecular formula is C22H29ClN6O3. The number of rotatable bonds is 7. The van der Waals surface area contributed by atoms with E-state index in [0.717, 1.165) is 11.1 Å². The standard InChI is InChI=1S/C22H29ClN6O3/c1-12-15-7-14(22(15,2)3)8-16(12)27-17-10-26-29(21(31)19(17)23)11-18(30)24-9-13-5-6-25-28-20(13)32-4/h5-6,10,12,14-16,27H,7-9,11H2,1-4H3,(H,24,30)/t12-,14+,15-,16-/m1/s1. The number of ether oxygens (including phenoxy) is 1. The lowest BCUT2D eigenvalue weighted by atomic mass is 9.45. The van der Waals surface area contributed by atoms with Crippen LogP contribution in [0.4, 0.5) is 5.69 Å². The predicted molar refractivity (Wildman–Crippen MR) is 121 cm³/mol. The van der Waals surface area contributed by atoms with Crippen molar-refractivity contribution in [3.05, 3.63) is 39.4 Å². The Hall–Kier alpha value is -2.68. The Kier molecular flexibility index (Phi) is 6.11. The molecule has 2 aromatic rings. The Morgan fingerprint density at radius 2 is 2.16 bits per heavy atom. The number of methoxy groups -OCH3 is 1. The first-order valence-electron chi connectivity index (χ1n) is 10.9. The molecule has 0 aliphatic heterocycles. The molecule has 32 heavy (non-hydrogen) atoms. The molecule has 5 rings (SSSR count). The number of nitrogens with one attached hydrogen (secondary N) is 2. The molecule has 0 saturated heterocycles. The summed E-state index contributed by atoms with van der Waals surface area (Å²) in [5.41, 5.74) is 1.09. The maximum atomic E-state index is 12.7. The molecule has 3 fully saturated rings. The van der Waals surface area contributed by atoms with E-state index in [2.05, 4.69) is 46.7 Å². The molecule has 10 heteroatoms. The summed E-state index contributed by atoms with van der Waals surface area (Å²) < 4.78 is 6.18. The number of aromatic nitrogens is 4. The van der Waals surface area contributed by atoms with E-state index in [4.69, 9.17) is 16.3 Å². The zero-order valence-electron chi connectivity index (χ0n) is 18.8. The van der Waals surface area contributed by atoms with Crippen LogP contribution in [0.25, 0.3) is 0 Å². The number of nitrogens with zero attached hydrogens (tertiary/aromatic N) is 4. The van der Waals surface area contributed by atoms with Crippen molar-refractivity contribution in [1.82, 2.24) is 25.3 Å². The third-order valence-electron chi connectivity index (χ3n) is 7.41. The average molecular weight is 461 g/mol. The molecule has 0 unspecified atom stereocenters. The van der Waals surface area contributed by atoms with Gasteiger partial charge in [-0.3, -0.25) is 9.59 Å². The second-order valence-electron chi connectivity index (χ2n) is 9.38. The largest absolute Gasteiger partial charge is 0.480 e. The van der Waals surface area contributed by atoms with E-state index < -0.39 is 5.56 Å². The minimum absolute atomic E-state index is 0.0542. The second kappa shape index (κ2) is 8.69. The number of fused-ring (bicyclic) bond motifs is 2. The molecule has 2 bridgehead atoms. The predicted octanol–water partition coefficient (Wildman–Crippen LogP) is 2.49. The maximum absolute atomic E-state index is 12.7. The van der Waals surface area contributed by atoms with E-state index in [-0.39, 0.29) is 30.1 Å². The van der Waals surface area contributed by atoms with Gasteiger partial charge in [-0.1, -0.05) is 32.4 Å². The number of carbonyl (C=O) groups is 1. The third-order valence-corrected chi connectivity index (χ3v) is 7.77. The second-order valence-corrected chi connectivity index (χ2v) is 9.76. The molecule has 0 aromatic carbocycles. The summed E-state index contributed by atoms with van der Waals surface area (Å²) in [5, 5.41) is 18.0. The van der Waals surface area contributed by atoms with Crippen LogP contribution in [0.1, 0.15) is 39.2 Å². The van der Waals surface area contributed by atoms with Crippen LogP contribution < -0.4 is 20.9 Å². The van der Waals surface area contributed by atoms with Gasteiger partial charge in [0.1, 0.15) is 11.6 Å². The van der Waals surface area contributed by atoms with Crippen LogP contribution in [0.15, 0.2) is 23.3 Å². The molecule has 172 valence electrons. The smallest absolute Gasteiger partial charge is 0.288 e. The summed E-state index contributed by atoms with van der Waals surface area (Å²) in [5.74, 6) is 1.80. The van der Waals surface area contributed by atoms with Gasteiger partial charge < -0.3 is 15.4 Å². The monoisotopic (exact) mass is 460 g/mol. The van der Waals surface area contributed by atoms with E-state index >= 15 is 0 Å². The van der Waals surface area contributed by atoms with Crippen molar-refractivity contribution >= 4 is 23.2 Å². The summed E-state index contributed by atoms with van der Waals surface area (Å²) in [7, 11) is 1.48. The van der Waals surface area contributed by atoms with Crippen molar-refractivity contribution in [2.24, 2.45) is 23.2 Å². The Balaban J connectivity index is 1.39. The lowest BCUT2D eigenvalue weighted by molar-refractivity contribution is -0.122. The lowest BCUT2D eigenvalue weighted by Gasteiger charge is -2.62. The minimum Gasteiger partial charge on any atom is -0.480 e. The van der Waals surface area contributed by atoms with Crippen molar-refractivity contribution in [3.63, 3.8) is 0 Å². The Bertz CT molecular complexity index is 1070. The summed E-state index contributed by atoms with van der Waals surface area (Å²) >= 11 is 6.37. The average Bonchev–Trinajstić information content (AvgIpc) is 2.78. The molecule has 2 aromatic heterocycles. The molecule has 2 heterocycles. The molecule has 3 aliphatic rings. The highest BCUT2D eigenvalue weighted by Crippen LogP contribution is 2.61. The highest BCUT2D eigenvalue weighted by Gasteiger charge is 2.56. The van der Waals surface area contributed by atoms with E-state index in [0.29, 0.717) is 40.3 Å². The van der Waals surface area contributed by atoms with Gasteiger partial charge in [-0.05, 0) is 42.1 Å². The SMILES string of the molecule is COc1nnccc1CNC(=O)Cn1ncc(N[C@@H]2C[C@@H]3C[C@H]([C@H]2C)C3(C)C)c(Cl)c1=O. The van der Waals surface area contributed by atoms with Gasteiger partial charge in [0, 0.05) is 18.2 Å². The minimum atomic E-state index is -0.496. The molecule has 0 radical (unpaired) electrons. The number of halogens is 1. The molecule has 2 N–H and O–H groups in total. The van der Waals surface area contributed by atoms with Gasteiger partial charge in [0.05, 0.1) is 25.2 Å². The fourth-order valence-electron chi connectivity index (χ4n) is 5.26. The molecular weight excluding hydrogens is 432 g/mol. The zero-order valence-corrected chi connectivity index (χ0v) is 19.5. The lowest BCUT2D eigenvalue weighted by Crippen LogP contribution is -2.58. The van der Waals surface area contributed by atoms with Crippen molar-refractivity contribution in [1.29, 1.82) is 0 Å². The zero-order chi connectivity index (χ0) is 23.0. The van der Waals surface area contributed by atoms with Gasteiger partial charge >= 0.3 is 0 Å². The van der Waals surface area contributed by atoms with E-state index in [1.807, 2.05) is 0 Å². The van der Waals surface area contributed by atoms with E-state index in [9.17, 15) is 9.59 Å². The Morgan fingerprint density at radius 1 is 1.38 bits per heavy atom. The summed E-state index contributed by atoms with van der Waals surface area (Å²) in [4.78, 5) is 25.1. The summed E-state index contributed by atoms with van der Waals surface area (Å²) in [6.45, 7) is 6.91. The first-order chi connectivity index (χ1) is 15.2. The van der Waals surface area contributed by atoms with Gasteiger partial charge in [-0.15, -0.1) is 5.10 Å². The van der Waals surface area contributed by atoms with Crippen LogP contribution in [-0.2, 0) is 17.9 Å². The van der Waals surface area contributed by atoms with Gasteiger partial charge in [-0.2, -0.15) is 10.2 Å². The number of carbonyl (C=O) groups excluding carboxylic acids is 1. The molecule has 3 saturated carbocycles. The van der Waals surface area contributed by atoms with Crippen LogP contribution in [-0.4, -0.2) is 39.0 Å². The molecule has 9 nitrogen and oxygen atoms in total. The Morgan fingerprint density at radius 3 is 2.84 bits per heavy atom. The third kappa shape index (κ3) is 4.05. The van der Waals surface area contributed by atoms with Crippen molar-refractivity contribution in [2.45, 2.75) is 52.7 Å². The first-order valence-corrected chi connectivity index (χ1v) is 11.2. The van der Waals surface area contributed by atoms with Crippen LogP contribution in [0.2, 0.25) is 5.02 Å². The highest BCUT2D eigenvalue weighted by molar-refractivity contribution is 6.32. The highest BCUT2D eigenvalue weighted by atomic mass is 35.5. The normalized spacial score (nSPS) is 25.5. The van der Waals surface area contributed by atoms with Crippen LogP contribution in [0.3, 0.4) is 0 Å². The van der Waals surface area contributed by atoms with Crippen molar-refractivity contribution in [2.75, 3.05) is 12.4 Å². The van der Waals surface area contributed by atoms with Crippen molar-refractivity contribution in [3.8, 4) is 5.88 Å². The molecule has 0 spiro atoms. The van der Waals surface area contributed by atoms with Gasteiger partial charge in [0.25, 0.3) is 5.56 Å². The Labute approximate surface area is 191 Å². The number of amides is 1.